The van der Waals surface area contributed by atoms with Gasteiger partial charge in [-0.05, 0) is 23.6 Å². The van der Waals surface area contributed by atoms with Gasteiger partial charge in [-0.1, -0.05) is 26.0 Å². The second-order valence-electron chi connectivity index (χ2n) is 5.14. The van der Waals surface area contributed by atoms with Crippen LogP contribution in [0, 0.1) is 11.7 Å². The summed E-state index contributed by atoms with van der Waals surface area (Å²) in [7, 11) is 0. The van der Waals surface area contributed by atoms with E-state index in [1.165, 1.54) is 22.9 Å². The van der Waals surface area contributed by atoms with Crippen LogP contribution in [-0.4, -0.2) is 16.3 Å². The van der Waals surface area contributed by atoms with E-state index in [1.807, 2.05) is 0 Å². The number of aromatic nitrogens is 2. The first-order valence-corrected chi connectivity index (χ1v) is 6.60. The maximum atomic E-state index is 13.1. The third kappa shape index (κ3) is 3.91. The summed E-state index contributed by atoms with van der Waals surface area (Å²) in [5, 5.41) is 7.25. The van der Waals surface area contributed by atoms with Crippen LogP contribution in [0.15, 0.2) is 41.3 Å². The van der Waals surface area contributed by atoms with Crippen LogP contribution in [0.4, 0.5) is 10.1 Å². The monoisotopic (exact) mass is 275 g/mol. The minimum atomic E-state index is -0.314. The Bertz CT molecular complexity index is 637. The van der Waals surface area contributed by atoms with Gasteiger partial charge in [-0.25, -0.2) is 9.07 Å². The molecule has 0 radical (unpaired) electrons. The Balaban J connectivity index is 2.12. The molecule has 0 fully saturated rings. The van der Waals surface area contributed by atoms with Crippen LogP contribution >= 0.6 is 0 Å². The van der Waals surface area contributed by atoms with E-state index >= 15 is 0 Å². The summed E-state index contributed by atoms with van der Waals surface area (Å²) in [5.74, 6) is 0.176. The second-order valence-corrected chi connectivity index (χ2v) is 5.14. The average molecular weight is 275 g/mol. The quantitative estimate of drug-likeness (QED) is 0.912. The minimum absolute atomic E-state index is 0.206. The third-order valence-electron chi connectivity index (χ3n) is 2.81. The Morgan fingerprint density at radius 1 is 1.35 bits per heavy atom. The molecule has 5 heteroatoms. The number of nitrogens with one attached hydrogen (secondary N) is 1. The van der Waals surface area contributed by atoms with E-state index in [-0.39, 0.29) is 17.9 Å². The van der Waals surface area contributed by atoms with Gasteiger partial charge in [0.2, 0.25) is 0 Å². The highest BCUT2D eigenvalue weighted by atomic mass is 19.1. The van der Waals surface area contributed by atoms with Gasteiger partial charge in [-0.3, -0.25) is 4.79 Å². The van der Waals surface area contributed by atoms with E-state index < -0.39 is 0 Å². The number of halogens is 1. The lowest BCUT2D eigenvalue weighted by atomic mass is 10.2. The zero-order valence-electron chi connectivity index (χ0n) is 11.6. The molecule has 0 saturated heterocycles. The number of nitrogens with zero attached hydrogens (tertiary/aromatic N) is 2. The summed E-state index contributed by atoms with van der Waals surface area (Å²) < 4.78 is 14.4. The number of rotatable bonds is 5. The molecule has 0 aliphatic rings. The summed E-state index contributed by atoms with van der Waals surface area (Å²) in [6, 6.07) is 7.67. The minimum Gasteiger partial charge on any atom is -0.383 e. The van der Waals surface area contributed by atoms with Gasteiger partial charge in [-0.15, -0.1) is 0 Å². The highest BCUT2D eigenvalue weighted by Crippen LogP contribution is 2.06. The molecule has 1 aromatic carbocycles. The first kappa shape index (κ1) is 14.2. The maximum absolute atomic E-state index is 13.1. The van der Waals surface area contributed by atoms with E-state index in [1.54, 1.807) is 18.3 Å². The van der Waals surface area contributed by atoms with E-state index in [4.69, 9.17) is 0 Å². The van der Waals surface area contributed by atoms with Crippen LogP contribution in [0.2, 0.25) is 0 Å². The van der Waals surface area contributed by atoms with Gasteiger partial charge in [0.05, 0.1) is 18.4 Å². The second kappa shape index (κ2) is 6.32. The summed E-state index contributed by atoms with van der Waals surface area (Å²) in [6.45, 7) is 5.23. The van der Waals surface area contributed by atoms with Gasteiger partial charge in [0.15, 0.2) is 0 Å². The predicted octanol–water partition coefficient (Wildman–Crippen LogP) is 2.50. The largest absolute Gasteiger partial charge is 0.383 e. The highest BCUT2D eigenvalue weighted by Gasteiger charge is 2.03. The van der Waals surface area contributed by atoms with Gasteiger partial charge in [0.25, 0.3) is 5.56 Å². The van der Waals surface area contributed by atoms with Gasteiger partial charge in [0, 0.05) is 12.6 Å². The van der Waals surface area contributed by atoms with E-state index in [0.717, 1.165) is 6.54 Å². The summed E-state index contributed by atoms with van der Waals surface area (Å²) in [6.07, 6.45) is 1.61. The Morgan fingerprint density at radius 2 is 2.15 bits per heavy atom. The molecule has 0 saturated carbocycles. The van der Waals surface area contributed by atoms with Crippen LogP contribution < -0.4 is 10.9 Å². The molecule has 0 bridgehead atoms. The fourth-order valence-electron chi connectivity index (χ4n) is 1.78. The first-order valence-electron chi connectivity index (χ1n) is 6.60. The van der Waals surface area contributed by atoms with Crippen LogP contribution in [0.3, 0.4) is 0 Å². The van der Waals surface area contributed by atoms with Crippen molar-refractivity contribution in [1.82, 2.24) is 9.78 Å². The summed E-state index contributed by atoms with van der Waals surface area (Å²) in [5.41, 5.74) is 1.21. The Hall–Kier alpha value is -2.17. The number of anilines is 1. The zero-order valence-corrected chi connectivity index (χ0v) is 11.6. The molecule has 0 aliphatic carbocycles. The lowest BCUT2D eigenvalue weighted by Crippen LogP contribution is -2.23. The molecule has 1 aromatic heterocycles. The lowest BCUT2D eigenvalue weighted by Gasteiger charge is -2.09. The standard InChI is InChI=1S/C15H18FN3O/c1-11(2)8-17-14-7-15(20)19(18-9-14)10-12-4-3-5-13(16)6-12/h3-7,9,11,17H,8,10H2,1-2H3. The summed E-state index contributed by atoms with van der Waals surface area (Å²) >= 11 is 0. The van der Waals surface area contributed by atoms with Crippen molar-refractivity contribution in [3.05, 3.63) is 58.3 Å². The molecule has 20 heavy (non-hydrogen) atoms. The maximum Gasteiger partial charge on any atom is 0.269 e. The molecule has 0 atom stereocenters. The molecule has 1 N–H and O–H groups in total. The normalized spacial score (nSPS) is 10.8. The third-order valence-corrected chi connectivity index (χ3v) is 2.81. The van der Waals surface area contributed by atoms with E-state index in [2.05, 4.69) is 24.3 Å². The molecule has 0 aliphatic heterocycles. The van der Waals surface area contributed by atoms with Crippen molar-refractivity contribution in [2.45, 2.75) is 20.4 Å². The Kier molecular flexibility index (Phi) is 4.50. The van der Waals surface area contributed by atoms with Crippen LogP contribution in [0.1, 0.15) is 19.4 Å². The fourth-order valence-corrected chi connectivity index (χ4v) is 1.78. The van der Waals surface area contributed by atoms with Crippen LogP contribution in [-0.2, 0) is 6.54 Å². The van der Waals surface area contributed by atoms with Crippen molar-refractivity contribution in [1.29, 1.82) is 0 Å². The number of hydrogen-bond acceptors (Lipinski definition) is 3. The van der Waals surface area contributed by atoms with Gasteiger partial charge in [-0.2, -0.15) is 5.10 Å². The molecule has 2 aromatic rings. The lowest BCUT2D eigenvalue weighted by molar-refractivity contribution is 0.610. The van der Waals surface area contributed by atoms with Crippen LogP contribution in [0.25, 0.3) is 0 Å². The molecule has 106 valence electrons. The molecular weight excluding hydrogens is 257 g/mol. The number of benzene rings is 1. The smallest absolute Gasteiger partial charge is 0.269 e. The Morgan fingerprint density at radius 3 is 2.80 bits per heavy atom. The van der Waals surface area contributed by atoms with Crippen molar-refractivity contribution in [3.63, 3.8) is 0 Å². The van der Waals surface area contributed by atoms with Gasteiger partial charge in [0.1, 0.15) is 5.82 Å². The van der Waals surface area contributed by atoms with Crippen molar-refractivity contribution in [3.8, 4) is 0 Å². The molecular formula is C15H18FN3O. The topological polar surface area (TPSA) is 46.9 Å². The molecule has 0 amide bonds. The van der Waals surface area contributed by atoms with E-state index in [0.29, 0.717) is 17.2 Å². The fraction of sp³-hybridized carbons (Fsp3) is 0.333. The first-order chi connectivity index (χ1) is 9.54. The average Bonchev–Trinajstić information content (AvgIpc) is 2.39. The van der Waals surface area contributed by atoms with Crippen LogP contribution in [0.5, 0.6) is 0 Å². The van der Waals surface area contributed by atoms with Crippen molar-refractivity contribution in [2.24, 2.45) is 5.92 Å². The Labute approximate surface area is 117 Å². The SMILES string of the molecule is CC(C)CNc1cnn(Cc2cccc(F)c2)c(=O)c1. The molecule has 1 heterocycles. The predicted molar refractivity (Wildman–Crippen MR) is 77.3 cm³/mol. The van der Waals surface area contributed by atoms with Crippen molar-refractivity contribution >= 4 is 5.69 Å². The van der Waals surface area contributed by atoms with Gasteiger partial charge < -0.3 is 5.32 Å². The van der Waals surface area contributed by atoms with Crippen molar-refractivity contribution < 1.29 is 4.39 Å². The van der Waals surface area contributed by atoms with E-state index in [9.17, 15) is 9.18 Å². The van der Waals surface area contributed by atoms with Crippen molar-refractivity contribution in [2.75, 3.05) is 11.9 Å². The highest BCUT2D eigenvalue weighted by molar-refractivity contribution is 5.38. The zero-order chi connectivity index (χ0) is 14.5. The van der Waals surface area contributed by atoms with Gasteiger partial charge >= 0.3 is 0 Å². The molecule has 0 unspecified atom stereocenters. The summed E-state index contributed by atoms with van der Waals surface area (Å²) in [4.78, 5) is 11.9. The molecule has 0 spiro atoms. The molecule has 4 nitrogen and oxygen atoms in total. The molecule has 2 rings (SSSR count). The number of hydrogen-bond donors (Lipinski definition) is 1.